The van der Waals surface area contributed by atoms with Gasteiger partial charge in [0.25, 0.3) is 5.91 Å². The van der Waals surface area contributed by atoms with Crippen LogP contribution in [0.1, 0.15) is 10.4 Å². The maximum absolute atomic E-state index is 13.3. The molecule has 0 bridgehead atoms. The minimum Gasteiger partial charge on any atom is -1.00 e. The maximum atomic E-state index is 13.3. The molecule has 0 saturated heterocycles. The third-order valence-electron chi connectivity index (χ3n) is 5.28. The smallest absolute Gasteiger partial charge is 0.258 e. The summed E-state index contributed by atoms with van der Waals surface area (Å²) in [5, 5.41) is 6.69. The molecule has 1 amide bonds. The lowest BCUT2D eigenvalue weighted by Gasteiger charge is -2.29. The Hall–Kier alpha value is -2.32. The topological polar surface area (TPSA) is 29.1 Å². The first kappa shape index (κ1) is 26.3. The first-order chi connectivity index (χ1) is 16.0. The largest absolute Gasteiger partial charge is 1.00 e. The molecule has 4 aromatic carbocycles. The lowest BCUT2D eigenvalue weighted by molar-refractivity contribution is -0.0000144. The van der Waals surface area contributed by atoms with E-state index in [1.165, 1.54) is 0 Å². The van der Waals surface area contributed by atoms with Crippen molar-refractivity contribution in [3.05, 3.63) is 136 Å². The number of carbonyl (C=O) groups excluding carboxylic acids is 1. The molecule has 4 aromatic rings. The van der Waals surface area contributed by atoms with E-state index in [1.54, 1.807) is 24.3 Å². The monoisotopic (exact) mass is 545 g/mol. The van der Waals surface area contributed by atoms with Crippen LogP contribution in [0.5, 0.6) is 0 Å². The van der Waals surface area contributed by atoms with E-state index < -0.39 is 7.26 Å². The van der Waals surface area contributed by atoms with Gasteiger partial charge in [0.2, 0.25) is 5.44 Å². The highest BCUT2D eigenvalue weighted by Crippen LogP contribution is 2.63. The molecule has 1 N–H and O–H groups in total. The Morgan fingerprint density at radius 1 is 0.618 bits per heavy atom. The van der Waals surface area contributed by atoms with Crippen molar-refractivity contribution >= 4 is 63.9 Å². The summed E-state index contributed by atoms with van der Waals surface area (Å²) in [6, 6.07) is 36.8. The Balaban J connectivity index is 0.00000324. The van der Waals surface area contributed by atoms with Gasteiger partial charge in [0, 0.05) is 10.6 Å². The summed E-state index contributed by atoms with van der Waals surface area (Å²) in [4.78, 5) is 13.3. The molecule has 0 atom stereocenters. The van der Waals surface area contributed by atoms with Crippen molar-refractivity contribution in [2.24, 2.45) is 0 Å². The number of hydrogen-bond acceptors (Lipinski definition) is 1. The van der Waals surface area contributed by atoms with Gasteiger partial charge >= 0.3 is 0 Å². The number of halogens is 4. The number of benzene rings is 4. The fourth-order valence-corrected chi connectivity index (χ4v) is 8.86. The van der Waals surface area contributed by atoms with Gasteiger partial charge in [0.05, 0.1) is 0 Å². The summed E-state index contributed by atoms with van der Waals surface area (Å²) in [5.41, 5.74) is 0.938. The molecule has 0 unspecified atom stereocenters. The molecule has 0 spiro atoms. The van der Waals surface area contributed by atoms with Gasteiger partial charge in [-0.3, -0.25) is 10.1 Å². The predicted octanol–water partition coefficient (Wildman–Crippen LogP) is 3.67. The molecule has 0 heterocycles. The average molecular weight is 547 g/mol. The van der Waals surface area contributed by atoms with Crippen LogP contribution in [0.15, 0.2) is 125 Å². The zero-order valence-electron chi connectivity index (χ0n) is 17.8. The lowest BCUT2D eigenvalue weighted by Crippen LogP contribution is -3.00. The molecule has 0 aromatic heterocycles. The Morgan fingerprint density at radius 2 is 1.00 bits per heavy atom. The van der Waals surface area contributed by atoms with Gasteiger partial charge in [-0.05, 0) is 60.7 Å². The zero-order valence-corrected chi connectivity index (χ0v) is 21.8. The van der Waals surface area contributed by atoms with Gasteiger partial charge in [-0.2, -0.15) is 0 Å². The van der Waals surface area contributed by atoms with Gasteiger partial charge < -0.3 is 12.4 Å². The first-order valence-electron chi connectivity index (χ1n) is 10.2. The van der Waals surface area contributed by atoms with Crippen LogP contribution in [0.25, 0.3) is 0 Å². The number of rotatable bonds is 6. The Bertz CT molecular complexity index is 1160. The minimum atomic E-state index is -2.65. The molecular formula is C27H20Cl4NOP. The quantitative estimate of drug-likeness (QED) is 0.367. The van der Waals surface area contributed by atoms with E-state index >= 15 is 0 Å². The zero-order chi connectivity index (χ0) is 23.3. The maximum Gasteiger partial charge on any atom is 0.258 e. The summed E-state index contributed by atoms with van der Waals surface area (Å²) in [5.74, 6) is -0.312. The summed E-state index contributed by atoms with van der Waals surface area (Å²) in [7, 11) is -2.65. The molecular weight excluding hydrogens is 527 g/mol. The van der Waals surface area contributed by atoms with Crippen molar-refractivity contribution in [3.63, 3.8) is 0 Å². The van der Waals surface area contributed by atoms with E-state index in [0.717, 1.165) is 15.9 Å². The molecule has 0 radical (unpaired) electrons. The predicted molar refractivity (Wildman–Crippen MR) is 143 cm³/mol. The second-order valence-corrected chi connectivity index (χ2v) is 12.0. The fraction of sp³-hybridized carbons (Fsp3) is 0. The van der Waals surface area contributed by atoms with Crippen LogP contribution in [0.4, 0.5) is 0 Å². The van der Waals surface area contributed by atoms with Gasteiger partial charge in [-0.15, -0.1) is 0 Å². The van der Waals surface area contributed by atoms with Gasteiger partial charge in [-0.1, -0.05) is 89.4 Å². The van der Waals surface area contributed by atoms with E-state index in [9.17, 15) is 4.79 Å². The van der Waals surface area contributed by atoms with Crippen molar-refractivity contribution in [2.45, 2.75) is 0 Å². The molecule has 0 saturated carbocycles. The third-order valence-corrected chi connectivity index (χ3v) is 10.4. The van der Waals surface area contributed by atoms with Crippen LogP contribution in [0, 0.1) is 0 Å². The summed E-state index contributed by atoms with van der Waals surface area (Å²) in [6.45, 7) is 0. The second kappa shape index (κ2) is 11.9. The van der Waals surface area contributed by atoms with Crippen molar-refractivity contribution in [1.29, 1.82) is 0 Å². The first-order valence-corrected chi connectivity index (χ1v) is 13.1. The summed E-state index contributed by atoms with van der Waals surface area (Å²) < 4.78 is 0.0159. The van der Waals surface area contributed by atoms with Gasteiger partial charge in [-0.25, -0.2) is 0 Å². The number of carbonyl (C=O) groups is 1. The highest BCUT2D eigenvalue weighted by Gasteiger charge is 2.52. The molecule has 7 heteroatoms. The van der Waals surface area contributed by atoms with Crippen LogP contribution < -0.4 is 33.6 Å². The van der Waals surface area contributed by atoms with Crippen molar-refractivity contribution in [1.82, 2.24) is 5.32 Å². The number of hydrogen-bond donors (Lipinski definition) is 1. The van der Waals surface area contributed by atoms with Crippen LogP contribution in [-0.2, 0) is 0 Å². The average Bonchev–Trinajstić information content (AvgIpc) is 2.86. The normalized spacial score (nSPS) is 10.7. The third kappa shape index (κ3) is 5.33. The lowest BCUT2D eigenvalue weighted by atomic mass is 10.2. The van der Waals surface area contributed by atoms with Gasteiger partial charge in [0.15, 0.2) is 11.8 Å². The Labute approximate surface area is 221 Å². The van der Waals surface area contributed by atoms with Crippen molar-refractivity contribution in [2.75, 3.05) is 0 Å². The highest BCUT2D eigenvalue weighted by molar-refractivity contribution is 7.99. The van der Waals surface area contributed by atoms with E-state index in [4.69, 9.17) is 34.8 Å². The minimum absolute atomic E-state index is 0. The molecule has 172 valence electrons. The molecule has 0 aliphatic heterocycles. The molecule has 34 heavy (non-hydrogen) atoms. The molecule has 0 fully saturated rings. The van der Waals surface area contributed by atoms with E-state index in [-0.39, 0.29) is 22.8 Å². The number of nitrogens with one attached hydrogen (secondary N) is 1. The van der Waals surface area contributed by atoms with Crippen LogP contribution in [-0.4, -0.2) is 5.91 Å². The van der Waals surface area contributed by atoms with Crippen LogP contribution in [0.2, 0.25) is 5.02 Å². The summed E-state index contributed by atoms with van der Waals surface area (Å²) >= 11 is 19.2. The standard InChI is InChI=1S/C27H19Cl3NOP.ClH/c28-21-18-16-20(17-19-21)26(32)31-27(25(29)30)33(22-10-4-1-5-11-22,23-12-6-2-7-13-23)24-14-8-3-9-15-24;/h1-19H;1H. The van der Waals surface area contributed by atoms with Crippen molar-refractivity contribution in [3.8, 4) is 0 Å². The fourth-order valence-electron chi connectivity index (χ4n) is 3.83. The van der Waals surface area contributed by atoms with Crippen LogP contribution in [0.3, 0.4) is 0 Å². The van der Waals surface area contributed by atoms with E-state index in [1.807, 2.05) is 54.6 Å². The SMILES string of the molecule is O=C(NC(=C(Cl)Cl)[P+](c1ccccc1)(c1ccccc1)c1ccccc1)c1ccc(Cl)cc1.[Cl-]. The molecule has 0 aliphatic carbocycles. The Kier molecular flexibility index (Phi) is 9.19. The molecule has 2 nitrogen and oxygen atoms in total. The summed E-state index contributed by atoms with van der Waals surface area (Å²) in [6.07, 6.45) is 0. The second-order valence-electron chi connectivity index (χ2n) is 7.25. The molecule has 4 rings (SSSR count). The van der Waals surface area contributed by atoms with Gasteiger partial charge in [0.1, 0.15) is 15.9 Å². The molecule has 0 aliphatic rings. The van der Waals surface area contributed by atoms with E-state index in [0.29, 0.717) is 16.0 Å². The van der Waals surface area contributed by atoms with E-state index in [2.05, 4.69) is 41.7 Å². The number of amides is 1. The van der Waals surface area contributed by atoms with Crippen LogP contribution >= 0.6 is 42.1 Å². The highest BCUT2D eigenvalue weighted by atomic mass is 35.5. The Morgan fingerprint density at radius 3 is 1.35 bits per heavy atom. The van der Waals surface area contributed by atoms with Crippen molar-refractivity contribution < 1.29 is 17.2 Å².